The lowest BCUT2D eigenvalue weighted by atomic mass is 9.81. The van der Waals surface area contributed by atoms with Crippen LogP contribution in [0.25, 0.3) is 0 Å². The number of halogens is 2. The number of likely N-dealkylation sites (tertiary alicyclic amines) is 1. The van der Waals surface area contributed by atoms with E-state index in [0.717, 1.165) is 6.42 Å². The number of rotatable bonds is 2. The summed E-state index contributed by atoms with van der Waals surface area (Å²) in [6, 6.07) is 3.57. The molecule has 106 valence electrons. The summed E-state index contributed by atoms with van der Waals surface area (Å²) in [6.07, 6.45) is 2.53. The van der Waals surface area contributed by atoms with E-state index in [-0.39, 0.29) is 51.7 Å². The summed E-state index contributed by atoms with van der Waals surface area (Å²) < 4.78 is 5.26. The van der Waals surface area contributed by atoms with Gasteiger partial charge in [-0.25, -0.2) is 0 Å². The van der Waals surface area contributed by atoms with Gasteiger partial charge in [0.2, 0.25) is 11.8 Å². The van der Waals surface area contributed by atoms with Crippen LogP contribution < -0.4 is 0 Å². The first-order chi connectivity index (χ1) is 9.59. The standard InChI is InChI=1S/C14H13Br2NO3/c15-11-7-4-8(12(11)16)10-9(7)13(18)17(14(10)19)5-6-2-1-3-20-6/h1-3,7-12H,4-5H2. The summed E-state index contributed by atoms with van der Waals surface area (Å²) in [6.45, 7) is 0.261. The summed E-state index contributed by atoms with van der Waals surface area (Å²) in [7, 11) is 0. The van der Waals surface area contributed by atoms with E-state index in [1.54, 1.807) is 18.4 Å². The normalized spacial score (nSPS) is 42.6. The van der Waals surface area contributed by atoms with Crippen LogP contribution in [0, 0.1) is 23.7 Å². The van der Waals surface area contributed by atoms with Gasteiger partial charge in [-0.15, -0.1) is 0 Å². The van der Waals surface area contributed by atoms with Crippen LogP contribution in [0.5, 0.6) is 0 Å². The molecule has 0 radical (unpaired) electrons. The van der Waals surface area contributed by atoms with Crippen molar-refractivity contribution in [3.05, 3.63) is 24.2 Å². The lowest BCUT2D eigenvalue weighted by molar-refractivity contribution is -0.141. The van der Waals surface area contributed by atoms with Gasteiger partial charge in [0.15, 0.2) is 0 Å². The molecule has 2 saturated carbocycles. The Hall–Kier alpha value is -0.620. The second-order valence-electron chi connectivity index (χ2n) is 5.85. The van der Waals surface area contributed by atoms with E-state index in [0.29, 0.717) is 5.76 Å². The number of hydrogen-bond donors (Lipinski definition) is 0. The molecule has 4 rings (SSSR count). The molecule has 0 aromatic carbocycles. The van der Waals surface area contributed by atoms with Crippen molar-refractivity contribution in [2.75, 3.05) is 0 Å². The number of hydrogen-bond acceptors (Lipinski definition) is 3. The summed E-state index contributed by atoms with van der Waals surface area (Å²) in [5.74, 6) is 0.881. The third kappa shape index (κ3) is 1.58. The van der Waals surface area contributed by atoms with Crippen molar-refractivity contribution in [1.82, 2.24) is 4.90 Å². The fourth-order valence-electron chi connectivity index (χ4n) is 4.12. The fraction of sp³-hybridized carbons (Fsp3) is 0.571. The fourth-order valence-corrected chi connectivity index (χ4v) is 6.00. The molecular weight excluding hydrogens is 390 g/mol. The molecule has 0 N–H and O–H groups in total. The van der Waals surface area contributed by atoms with Crippen LogP contribution in [-0.2, 0) is 16.1 Å². The predicted molar refractivity (Wildman–Crippen MR) is 78.3 cm³/mol. The number of fused-ring (bicyclic) bond motifs is 5. The van der Waals surface area contributed by atoms with Crippen molar-refractivity contribution in [3.8, 4) is 0 Å². The summed E-state index contributed by atoms with van der Waals surface area (Å²) >= 11 is 7.36. The summed E-state index contributed by atoms with van der Waals surface area (Å²) in [4.78, 5) is 27.1. The molecule has 6 atom stereocenters. The van der Waals surface area contributed by atoms with Crippen LogP contribution in [0.3, 0.4) is 0 Å². The van der Waals surface area contributed by atoms with Crippen LogP contribution in [-0.4, -0.2) is 26.4 Å². The topological polar surface area (TPSA) is 50.5 Å². The number of imide groups is 1. The van der Waals surface area contributed by atoms with Crippen LogP contribution in [0.1, 0.15) is 12.2 Å². The lowest BCUT2D eigenvalue weighted by Gasteiger charge is -2.28. The van der Waals surface area contributed by atoms with Crippen molar-refractivity contribution in [2.45, 2.75) is 22.6 Å². The summed E-state index contributed by atoms with van der Waals surface area (Å²) in [5, 5.41) is 0. The zero-order valence-electron chi connectivity index (χ0n) is 10.5. The first-order valence-corrected chi connectivity index (χ1v) is 8.58. The van der Waals surface area contributed by atoms with E-state index in [4.69, 9.17) is 4.42 Å². The van der Waals surface area contributed by atoms with Crippen molar-refractivity contribution in [3.63, 3.8) is 0 Å². The molecule has 1 aromatic heterocycles. The van der Waals surface area contributed by atoms with Gasteiger partial charge in [-0.2, -0.15) is 0 Å². The molecule has 0 spiro atoms. The Kier molecular flexibility index (Phi) is 2.90. The second-order valence-corrected chi connectivity index (χ2v) is 7.96. The van der Waals surface area contributed by atoms with Crippen LogP contribution in [0.2, 0.25) is 0 Å². The van der Waals surface area contributed by atoms with E-state index in [2.05, 4.69) is 31.9 Å². The first-order valence-electron chi connectivity index (χ1n) is 6.75. The number of carbonyl (C=O) groups excluding carboxylic acids is 2. The smallest absolute Gasteiger partial charge is 0.233 e. The van der Waals surface area contributed by atoms with E-state index >= 15 is 0 Å². The van der Waals surface area contributed by atoms with Crippen LogP contribution >= 0.6 is 31.9 Å². The zero-order chi connectivity index (χ0) is 14.0. The van der Waals surface area contributed by atoms with E-state index in [1.807, 2.05) is 0 Å². The largest absolute Gasteiger partial charge is 0.467 e. The quantitative estimate of drug-likeness (QED) is 0.564. The van der Waals surface area contributed by atoms with Gasteiger partial charge in [0.25, 0.3) is 0 Å². The van der Waals surface area contributed by atoms with Gasteiger partial charge in [0.1, 0.15) is 5.76 Å². The maximum absolute atomic E-state index is 12.6. The molecule has 2 amide bonds. The van der Waals surface area contributed by atoms with Gasteiger partial charge in [-0.1, -0.05) is 31.9 Å². The molecule has 1 aromatic rings. The molecular formula is C14H13Br2NO3. The third-order valence-electron chi connectivity index (χ3n) is 4.97. The van der Waals surface area contributed by atoms with Gasteiger partial charge in [0, 0.05) is 9.65 Å². The van der Waals surface area contributed by atoms with Gasteiger partial charge < -0.3 is 4.42 Å². The Labute approximate surface area is 133 Å². The molecule has 3 aliphatic rings. The molecule has 1 aliphatic heterocycles. The average Bonchev–Trinajstić information content (AvgIpc) is 3.15. The Morgan fingerprint density at radius 1 is 1.15 bits per heavy atom. The van der Waals surface area contributed by atoms with Crippen molar-refractivity contribution in [2.24, 2.45) is 23.7 Å². The minimum atomic E-state index is -0.138. The highest BCUT2D eigenvalue weighted by Gasteiger charge is 2.66. The first kappa shape index (κ1) is 13.1. The Bertz CT molecular complexity index is 541. The summed E-state index contributed by atoms with van der Waals surface area (Å²) in [5.41, 5.74) is 0. The van der Waals surface area contributed by atoms with Gasteiger partial charge in [-0.3, -0.25) is 14.5 Å². The highest BCUT2D eigenvalue weighted by atomic mass is 79.9. The lowest BCUT2D eigenvalue weighted by Crippen LogP contribution is -2.37. The van der Waals surface area contributed by atoms with Crippen molar-refractivity contribution < 1.29 is 14.0 Å². The molecule has 4 nitrogen and oxygen atoms in total. The average molecular weight is 403 g/mol. The maximum atomic E-state index is 12.6. The second kappa shape index (κ2) is 4.44. The van der Waals surface area contributed by atoms with Gasteiger partial charge >= 0.3 is 0 Å². The molecule has 2 aliphatic carbocycles. The molecule has 6 unspecified atom stereocenters. The number of nitrogens with zero attached hydrogens (tertiary/aromatic N) is 1. The Balaban J connectivity index is 1.64. The monoisotopic (exact) mass is 401 g/mol. The SMILES string of the molecule is O=C1C2C3CC(C(Br)C3Br)C2C(=O)N1Cc1ccco1. The van der Waals surface area contributed by atoms with Gasteiger partial charge in [-0.05, 0) is 30.4 Å². The van der Waals surface area contributed by atoms with Crippen molar-refractivity contribution >= 4 is 43.7 Å². The third-order valence-corrected chi connectivity index (χ3v) is 8.18. The van der Waals surface area contributed by atoms with Crippen molar-refractivity contribution in [1.29, 1.82) is 0 Å². The van der Waals surface area contributed by atoms with Crippen LogP contribution in [0.4, 0.5) is 0 Å². The highest BCUT2D eigenvalue weighted by molar-refractivity contribution is 9.12. The maximum Gasteiger partial charge on any atom is 0.233 e. The molecule has 6 heteroatoms. The molecule has 1 saturated heterocycles. The Morgan fingerprint density at radius 2 is 1.75 bits per heavy atom. The molecule has 2 bridgehead atoms. The van der Waals surface area contributed by atoms with Crippen LogP contribution in [0.15, 0.2) is 22.8 Å². The number of amides is 2. The number of alkyl halides is 2. The zero-order valence-corrected chi connectivity index (χ0v) is 13.7. The minimum absolute atomic E-state index is 0.0206. The van der Waals surface area contributed by atoms with E-state index in [1.165, 1.54) is 4.90 Å². The molecule has 20 heavy (non-hydrogen) atoms. The Morgan fingerprint density at radius 3 is 2.25 bits per heavy atom. The predicted octanol–water partition coefficient (Wildman–Crippen LogP) is 2.56. The van der Waals surface area contributed by atoms with E-state index < -0.39 is 0 Å². The number of carbonyl (C=O) groups is 2. The van der Waals surface area contributed by atoms with Gasteiger partial charge in [0.05, 0.1) is 24.6 Å². The minimum Gasteiger partial charge on any atom is -0.467 e. The highest BCUT2D eigenvalue weighted by Crippen LogP contribution is 2.60. The number of furan rings is 1. The molecule has 2 heterocycles. The molecule has 3 fully saturated rings. The van der Waals surface area contributed by atoms with E-state index in [9.17, 15) is 9.59 Å².